The highest BCUT2D eigenvalue weighted by atomic mass is 79.9. The zero-order valence-corrected chi connectivity index (χ0v) is 12.4. The summed E-state index contributed by atoms with van der Waals surface area (Å²) in [7, 11) is 0. The molecule has 2 rings (SSSR count). The molecule has 2 nitrogen and oxygen atoms in total. The van der Waals surface area contributed by atoms with E-state index in [1.807, 2.05) is 13.8 Å². The van der Waals surface area contributed by atoms with Gasteiger partial charge in [0.15, 0.2) is 0 Å². The van der Waals surface area contributed by atoms with E-state index in [-0.39, 0.29) is 6.04 Å². The van der Waals surface area contributed by atoms with Crippen molar-refractivity contribution < 1.29 is 0 Å². The van der Waals surface area contributed by atoms with Crippen LogP contribution in [0.4, 0.5) is 0 Å². The van der Waals surface area contributed by atoms with E-state index < -0.39 is 0 Å². The fraction of sp³-hybridized carbons (Fsp3) is 0.364. The zero-order chi connectivity index (χ0) is 11.7. The minimum absolute atomic E-state index is 0.0566. The van der Waals surface area contributed by atoms with Gasteiger partial charge in [-0.05, 0) is 41.2 Å². The van der Waals surface area contributed by atoms with Gasteiger partial charge < -0.3 is 5.73 Å². The maximum absolute atomic E-state index is 6.23. The quantitative estimate of drug-likeness (QED) is 0.934. The lowest BCUT2D eigenvalue weighted by atomic mass is 10.1. The Morgan fingerprint density at radius 3 is 2.75 bits per heavy atom. The summed E-state index contributed by atoms with van der Waals surface area (Å²) >= 11 is 6.98. The zero-order valence-electron chi connectivity index (χ0n) is 9.16. The van der Waals surface area contributed by atoms with Crippen LogP contribution in [0.5, 0.6) is 0 Å². The number of aromatic nitrogens is 1. The number of nitrogens with two attached hydrogens (primary N) is 1. The molecule has 0 spiro atoms. The maximum atomic E-state index is 6.23. The molecule has 0 aromatic carbocycles. The average molecular weight is 317 g/mol. The standard InChI is InChI=1S/C11H13BrN2S2/c1-6-11(16-7(2)14-6)9(13)5-10-8(12)3-4-15-10/h3-4,9H,5,13H2,1-2H3. The molecule has 2 aromatic rings. The number of halogens is 1. The highest BCUT2D eigenvalue weighted by Gasteiger charge is 2.15. The first-order valence-corrected chi connectivity index (χ1v) is 7.48. The van der Waals surface area contributed by atoms with Crippen molar-refractivity contribution in [3.63, 3.8) is 0 Å². The largest absolute Gasteiger partial charge is 0.323 e. The highest BCUT2D eigenvalue weighted by Crippen LogP contribution is 2.30. The van der Waals surface area contributed by atoms with Gasteiger partial charge in [0.2, 0.25) is 0 Å². The van der Waals surface area contributed by atoms with Crippen LogP contribution in [0.25, 0.3) is 0 Å². The second-order valence-corrected chi connectivity index (χ2v) is 6.77. The van der Waals surface area contributed by atoms with E-state index in [4.69, 9.17) is 5.73 Å². The maximum Gasteiger partial charge on any atom is 0.0900 e. The number of hydrogen-bond acceptors (Lipinski definition) is 4. The van der Waals surface area contributed by atoms with Crippen LogP contribution in [-0.2, 0) is 6.42 Å². The summed E-state index contributed by atoms with van der Waals surface area (Å²) < 4.78 is 1.16. The molecule has 0 saturated carbocycles. The molecule has 0 aliphatic heterocycles. The van der Waals surface area contributed by atoms with Crippen LogP contribution in [0.3, 0.4) is 0 Å². The van der Waals surface area contributed by atoms with Gasteiger partial charge in [-0.25, -0.2) is 4.98 Å². The monoisotopic (exact) mass is 316 g/mol. The Labute approximate surface area is 112 Å². The van der Waals surface area contributed by atoms with Crippen LogP contribution in [-0.4, -0.2) is 4.98 Å². The van der Waals surface area contributed by atoms with Gasteiger partial charge >= 0.3 is 0 Å². The number of hydrogen-bond donors (Lipinski definition) is 1. The molecule has 0 aliphatic carbocycles. The Morgan fingerprint density at radius 1 is 1.50 bits per heavy atom. The van der Waals surface area contributed by atoms with Crippen molar-refractivity contribution in [3.05, 3.63) is 36.4 Å². The fourth-order valence-electron chi connectivity index (χ4n) is 1.65. The van der Waals surface area contributed by atoms with Gasteiger partial charge in [0.1, 0.15) is 0 Å². The number of thiazole rings is 1. The predicted octanol–water partition coefficient (Wildman–Crippen LogP) is 3.83. The van der Waals surface area contributed by atoms with Gasteiger partial charge in [0.25, 0.3) is 0 Å². The van der Waals surface area contributed by atoms with Crippen LogP contribution in [0, 0.1) is 13.8 Å². The molecule has 1 unspecified atom stereocenters. The Morgan fingerprint density at radius 2 is 2.25 bits per heavy atom. The molecule has 0 amide bonds. The molecule has 16 heavy (non-hydrogen) atoms. The third kappa shape index (κ3) is 2.53. The van der Waals surface area contributed by atoms with E-state index in [0.717, 1.165) is 21.6 Å². The molecule has 2 aromatic heterocycles. The van der Waals surface area contributed by atoms with Gasteiger partial charge in [-0.2, -0.15) is 0 Å². The summed E-state index contributed by atoms with van der Waals surface area (Å²) in [6.45, 7) is 4.05. The second kappa shape index (κ2) is 4.96. The molecule has 86 valence electrons. The summed E-state index contributed by atoms with van der Waals surface area (Å²) in [6.07, 6.45) is 0.876. The van der Waals surface area contributed by atoms with Gasteiger partial charge in [-0.1, -0.05) is 0 Å². The van der Waals surface area contributed by atoms with Crippen LogP contribution >= 0.6 is 38.6 Å². The fourth-order valence-corrected chi connectivity index (χ4v) is 4.16. The van der Waals surface area contributed by atoms with Crippen molar-refractivity contribution in [1.29, 1.82) is 0 Å². The van der Waals surface area contributed by atoms with E-state index in [9.17, 15) is 0 Å². The first-order valence-electron chi connectivity index (χ1n) is 4.99. The lowest BCUT2D eigenvalue weighted by Gasteiger charge is -2.09. The Bertz CT molecular complexity index is 490. The van der Waals surface area contributed by atoms with Crippen LogP contribution in [0.15, 0.2) is 15.9 Å². The van der Waals surface area contributed by atoms with Crippen molar-refractivity contribution in [3.8, 4) is 0 Å². The minimum Gasteiger partial charge on any atom is -0.323 e. The first-order chi connectivity index (χ1) is 7.58. The van der Waals surface area contributed by atoms with Gasteiger partial charge in [0, 0.05) is 26.7 Å². The smallest absolute Gasteiger partial charge is 0.0900 e. The van der Waals surface area contributed by atoms with Crippen LogP contribution in [0.1, 0.15) is 26.5 Å². The molecule has 2 N–H and O–H groups in total. The molecule has 0 fully saturated rings. The van der Waals surface area contributed by atoms with Crippen LogP contribution in [0.2, 0.25) is 0 Å². The molecule has 1 atom stereocenters. The van der Waals surface area contributed by atoms with Crippen molar-refractivity contribution in [2.24, 2.45) is 5.73 Å². The van der Waals surface area contributed by atoms with Crippen molar-refractivity contribution >= 4 is 38.6 Å². The molecular formula is C11H13BrN2S2. The van der Waals surface area contributed by atoms with Gasteiger partial charge in [0.05, 0.1) is 10.7 Å². The van der Waals surface area contributed by atoms with E-state index in [0.29, 0.717) is 0 Å². The molecule has 0 bridgehead atoms. The number of aryl methyl sites for hydroxylation is 2. The van der Waals surface area contributed by atoms with E-state index in [1.165, 1.54) is 9.75 Å². The van der Waals surface area contributed by atoms with Gasteiger partial charge in [-0.15, -0.1) is 22.7 Å². The molecule has 5 heteroatoms. The molecular weight excluding hydrogens is 304 g/mol. The SMILES string of the molecule is Cc1nc(C)c(C(N)Cc2sccc2Br)s1. The number of rotatable bonds is 3. The first kappa shape index (κ1) is 12.2. The Balaban J connectivity index is 2.17. The van der Waals surface area contributed by atoms with Crippen molar-refractivity contribution in [2.75, 3.05) is 0 Å². The van der Waals surface area contributed by atoms with E-state index in [2.05, 4.69) is 32.4 Å². The summed E-state index contributed by atoms with van der Waals surface area (Å²) in [5, 5.41) is 3.17. The average Bonchev–Trinajstić information content (AvgIpc) is 2.74. The third-order valence-electron chi connectivity index (χ3n) is 2.37. The van der Waals surface area contributed by atoms with E-state index >= 15 is 0 Å². The van der Waals surface area contributed by atoms with Crippen molar-refractivity contribution in [2.45, 2.75) is 26.3 Å². The third-order valence-corrected chi connectivity index (χ3v) is 5.53. The Kier molecular flexibility index (Phi) is 3.79. The molecule has 2 heterocycles. The lowest BCUT2D eigenvalue weighted by molar-refractivity contribution is 0.735. The topological polar surface area (TPSA) is 38.9 Å². The summed E-state index contributed by atoms with van der Waals surface area (Å²) in [5.74, 6) is 0. The highest BCUT2D eigenvalue weighted by molar-refractivity contribution is 9.10. The van der Waals surface area contributed by atoms with E-state index in [1.54, 1.807) is 22.7 Å². The van der Waals surface area contributed by atoms with Crippen LogP contribution < -0.4 is 5.73 Å². The second-order valence-electron chi connectivity index (χ2n) is 3.68. The normalized spacial score (nSPS) is 13.0. The Hall–Kier alpha value is -0.230. The molecule has 0 aliphatic rings. The lowest BCUT2D eigenvalue weighted by Crippen LogP contribution is -2.12. The summed E-state index contributed by atoms with van der Waals surface area (Å²) in [6, 6.07) is 2.12. The van der Waals surface area contributed by atoms with Crippen molar-refractivity contribution in [1.82, 2.24) is 4.98 Å². The molecule has 0 radical (unpaired) electrons. The predicted molar refractivity (Wildman–Crippen MR) is 74.2 cm³/mol. The summed E-state index contributed by atoms with van der Waals surface area (Å²) in [4.78, 5) is 6.92. The summed E-state index contributed by atoms with van der Waals surface area (Å²) in [5.41, 5.74) is 7.30. The molecule has 0 saturated heterocycles. The minimum atomic E-state index is 0.0566. The number of thiophene rings is 1. The number of nitrogens with zero attached hydrogens (tertiary/aromatic N) is 1. The van der Waals surface area contributed by atoms with Gasteiger partial charge in [-0.3, -0.25) is 0 Å².